The van der Waals surface area contributed by atoms with Crippen molar-refractivity contribution in [2.24, 2.45) is 0 Å². The van der Waals surface area contributed by atoms with E-state index < -0.39 is 0 Å². The van der Waals surface area contributed by atoms with Crippen molar-refractivity contribution in [3.05, 3.63) is 66.2 Å². The van der Waals surface area contributed by atoms with Crippen molar-refractivity contribution in [3.63, 3.8) is 0 Å². The molecule has 0 unspecified atom stereocenters. The van der Waals surface area contributed by atoms with Crippen LogP contribution in [-0.4, -0.2) is 43.0 Å². The Morgan fingerprint density at radius 1 is 1.19 bits per heavy atom. The van der Waals surface area contributed by atoms with Gasteiger partial charge in [-0.15, -0.1) is 0 Å². The lowest BCUT2D eigenvalue weighted by atomic mass is 10.00. The highest BCUT2D eigenvalue weighted by molar-refractivity contribution is 5.98. The first kappa shape index (κ1) is 16.6. The number of aromatic nitrogens is 4. The lowest BCUT2D eigenvalue weighted by Gasteiger charge is -2.36. The van der Waals surface area contributed by atoms with Crippen LogP contribution in [0.5, 0.6) is 0 Å². The molecule has 3 aromatic rings. The number of aryl methyl sites for hydroxylation is 1. The molecule has 3 heterocycles. The minimum atomic E-state index is 0.0738. The van der Waals surface area contributed by atoms with Crippen LogP contribution < -0.4 is 0 Å². The highest BCUT2D eigenvalue weighted by Crippen LogP contribution is 2.23. The first-order chi connectivity index (χ1) is 12.7. The van der Waals surface area contributed by atoms with Crippen molar-refractivity contribution in [2.45, 2.75) is 38.8 Å². The number of nitrogens with zero attached hydrogens (tertiary/aromatic N) is 5. The van der Waals surface area contributed by atoms with E-state index in [-0.39, 0.29) is 11.9 Å². The molecule has 1 aliphatic rings. The predicted molar refractivity (Wildman–Crippen MR) is 99.2 cm³/mol. The monoisotopic (exact) mass is 349 g/mol. The molecule has 0 aliphatic carbocycles. The molecule has 1 saturated heterocycles. The quantitative estimate of drug-likeness (QED) is 0.727. The molecule has 0 spiro atoms. The third-order valence-corrected chi connectivity index (χ3v) is 4.93. The van der Waals surface area contributed by atoms with Crippen LogP contribution in [-0.2, 0) is 6.54 Å². The molecule has 6 heteroatoms. The van der Waals surface area contributed by atoms with Gasteiger partial charge in [0.15, 0.2) is 0 Å². The van der Waals surface area contributed by atoms with Gasteiger partial charge in [-0.2, -0.15) is 10.2 Å². The van der Waals surface area contributed by atoms with Crippen LogP contribution in [0.1, 0.15) is 35.2 Å². The summed E-state index contributed by atoms with van der Waals surface area (Å²) >= 11 is 0. The Labute approximate surface area is 153 Å². The van der Waals surface area contributed by atoms with Gasteiger partial charge in [0.05, 0.1) is 30.0 Å². The van der Waals surface area contributed by atoms with Crippen molar-refractivity contribution < 1.29 is 4.79 Å². The Kier molecular flexibility index (Phi) is 4.56. The summed E-state index contributed by atoms with van der Waals surface area (Å²) in [6, 6.07) is 9.72. The summed E-state index contributed by atoms with van der Waals surface area (Å²) in [5, 5.41) is 8.70. The van der Waals surface area contributed by atoms with Gasteiger partial charge in [0.2, 0.25) is 0 Å². The fourth-order valence-corrected chi connectivity index (χ4v) is 3.66. The number of hydrogen-bond acceptors (Lipinski definition) is 3. The van der Waals surface area contributed by atoms with Gasteiger partial charge in [0, 0.05) is 25.1 Å². The molecule has 0 N–H and O–H groups in total. The van der Waals surface area contributed by atoms with Gasteiger partial charge in [0.25, 0.3) is 5.91 Å². The number of benzene rings is 1. The van der Waals surface area contributed by atoms with Gasteiger partial charge in [-0.1, -0.05) is 12.1 Å². The standard InChI is InChI=1S/C20H23N5O/c1-16-13-22-23(14-16)15-17-7-4-5-11-24(17)20(26)18-8-2-3-9-19(18)25-12-6-10-21-25/h2-3,6,8-10,12-14,17H,4-5,7,11,15H2,1H3/t17-/m1/s1. The van der Waals surface area contributed by atoms with Crippen LogP contribution in [0.4, 0.5) is 0 Å². The number of amides is 1. The first-order valence-corrected chi connectivity index (χ1v) is 9.11. The zero-order chi connectivity index (χ0) is 17.9. The zero-order valence-corrected chi connectivity index (χ0v) is 15.0. The maximum absolute atomic E-state index is 13.4. The van der Waals surface area contributed by atoms with Crippen LogP contribution in [0, 0.1) is 6.92 Å². The molecular formula is C20H23N5O. The molecule has 1 atom stereocenters. The van der Waals surface area contributed by atoms with Gasteiger partial charge < -0.3 is 4.90 Å². The van der Waals surface area contributed by atoms with E-state index in [2.05, 4.69) is 10.2 Å². The largest absolute Gasteiger partial charge is 0.334 e. The van der Waals surface area contributed by atoms with E-state index in [1.54, 1.807) is 10.9 Å². The second kappa shape index (κ2) is 7.15. The summed E-state index contributed by atoms with van der Waals surface area (Å²) in [6.07, 6.45) is 10.7. The molecule has 2 aromatic heterocycles. The number of carbonyl (C=O) groups is 1. The van der Waals surface area contributed by atoms with Gasteiger partial charge in [-0.05, 0) is 49.9 Å². The number of hydrogen-bond donors (Lipinski definition) is 0. The summed E-state index contributed by atoms with van der Waals surface area (Å²) in [6.45, 7) is 3.56. The van der Waals surface area contributed by atoms with E-state index in [0.29, 0.717) is 5.56 Å². The van der Waals surface area contributed by atoms with E-state index in [9.17, 15) is 4.79 Å². The number of piperidine rings is 1. The summed E-state index contributed by atoms with van der Waals surface area (Å²) < 4.78 is 3.70. The van der Waals surface area contributed by atoms with Crippen molar-refractivity contribution >= 4 is 5.91 Å². The average Bonchev–Trinajstić information content (AvgIpc) is 3.34. The third kappa shape index (κ3) is 3.27. The van der Waals surface area contributed by atoms with Gasteiger partial charge in [0.1, 0.15) is 0 Å². The van der Waals surface area contributed by atoms with Crippen LogP contribution >= 0.6 is 0 Å². The van der Waals surface area contributed by atoms with Crippen molar-refractivity contribution in [1.82, 2.24) is 24.5 Å². The summed E-state index contributed by atoms with van der Waals surface area (Å²) in [5.41, 5.74) is 2.66. The Morgan fingerprint density at radius 2 is 2.08 bits per heavy atom. The minimum absolute atomic E-state index is 0.0738. The zero-order valence-electron chi connectivity index (χ0n) is 15.0. The number of likely N-dealkylation sites (tertiary alicyclic amines) is 1. The molecule has 0 radical (unpaired) electrons. The Hall–Kier alpha value is -2.89. The molecule has 26 heavy (non-hydrogen) atoms. The van der Waals surface area contributed by atoms with E-state index in [1.165, 1.54) is 0 Å². The highest BCUT2D eigenvalue weighted by Gasteiger charge is 2.29. The number of rotatable bonds is 4. The Bertz CT molecular complexity index is 883. The third-order valence-electron chi connectivity index (χ3n) is 4.93. The van der Waals surface area contributed by atoms with Gasteiger partial charge in [-0.25, -0.2) is 4.68 Å². The summed E-state index contributed by atoms with van der Waals surface area (Å²) in [4.78, 5) is 15.4. The summed E-state index contributed by atoms with van der Waals surface area (Å²) in [5.74, 6) is 0.0738. The second-order valence-electron chi connectivity index (χ2n) is 6.86. The smallest absolute Gasteiger partial charge is 0.256 e. The molecule has 1 aliphatic heterocycles. The molecule has 0 saturated carbocycles. The lowest BCUT2D eigenvalue weighted by Crippen LogP contribution is -2.46. The SMILES string of the molecule is Cc1cnn(C[C@H]2CCCCN2C(=O)c2ccccc2-n2cccn2)c1. The maximum Gasteiger partial charge on any atom is 0.256 e. The normalized spacial score (nSPS) is 17.4. The molecular weight excluding hydrogens is 326 g/mol. The van der Waals surface area contributed by atoms with E-state index in [1.807, 2.05) is 65.4 Å². The van der Waals surface area contributed by atoms with Crippen LogP contribution in [0.3, 0.4) is 0 Å². The molecule has 1 aromatic carbocycles. The Morgan fingerprint density at radius 3 is 2.85 bits per heavy atom. The number of para-hydroxylation sites is 1. The molecule has 0 bridgehead atoms. The Balaban J connectivity index is 1.62. The van der Waals surface area contributed by atoms with Crippen molar-refractivity contribution in [1.29, 1.82) is 0 Å². The molecule has 1 fully saturated rings. The van der Waals surface area contributed by atoms with Crippen LogP contribution in [0.15, 0.2) is 55.1 Å². The van der Waals surface area contributed by atoms with Crippen LogP contribution in [0.2, 0.25) is 0 Å². The minimum Gasteiger partial charge on any atom is -0.334 e. The van der Waals surface area contributed by atoms with E-state index in [4.69, 9.17) is 0 Å². The van der Waals surface area contributed by atoms with Crippen LogP contribution in [0.25, 0.3) is 5.69 Å². The molecule has 134 valence electrons. The fraction of sp³-hybridized carbons (Fsp3) is 0.350. The van der Waals surface area contributed by atoms with Gasteiger partial charge in [-0.3, -0.25) is 9.48 Å². The molecule has 6 nitrogen and oxygen atoms in total. The predicted octanol–water partition coefficient (Wildman–Crippen LogP) is 3.07. The molecule has 4 rings (SSSR count). The van der Waals surface area contributed by atoms with Gasteiger partial charge >= 0.3 is 0 Å². The number of carbonyl (C=O) groups excluding carboxylic acids is 1. The van der Waals surface area contributed by atoms with E-state index in [0.717, 1.165) is 43.6 Å². The fourth-order valence-electron chi connectivity index (χ4n) is 3.66. The lowest BCUT2D eigenvalue weighted by molar-refractivity contribution is 0.0584. The summed E-state index contributed by atoms with van der Waals surface area (Å²) in [7, 11) is 0. The molecule has 1 amide bonds. The highest BCUT2D eigenvalue weighted by atomic mass is 16.2. The topological polar surface area (TPSA) is 56.0 Å². The van der Waals surface area contributed by atoms with E-state index >= 15 is 0 Å². The van der Waals surface area contributed by atoms with Crippen molar-refractivity contribution in [3.8, 4) is 5.69 Å². The van der Waals surface area contributed by atoms with Crippen molar-refractivity contribution in [2.75, 3.05) is 6.54 Å². The first-order valence-electron chi connectivity index (χ1n) is 9.11. The second-order valence-corrected chi connectivity index (χ2v) is 6.86. The maximum atomic E-state index is 13.4. The average molecular weight is 349 g/mol.